The molecule has 4 atom stereocenters. The number of benzene rings is 1. The smallest absolute Gasteiger partial charge is 0.338 e. The molecule has 0 radical (unpaired) electrons. The molecule has 0 unspecified atom stereocenters. The van der Waals surface area contributed by atoms with E-state index >= 15 is 0 Å². The molecule has 0 aromatic heterocycles. The molecule has 1 aliphatic rings. The predicted octanol–water partition coefficient (Wildman–Crippen LogP) is 6.82. The van der Waals surface area contributed by atoms with Crippen LogP contribution in [0.15, 0.2) is 30.3 Å². The molecule has 1 fully saturated rings. The third-order valence-corrected chi connectivity index (χ3v) is 18.0. The van der Waals surface area contributed by atoms with Gasteiger partial charge in [-0.1, -0.05) is 59.7 Å². The van der Waals surface area contributed by atoms with Crippen molar-refractivity contribution in [3.63, 3.8) is 0 Å². The van der Waals surface area contributed by atoms with E-state index in [1.807, 2.05) is 18.2 Å². The Labute approximate surface area is 220 Å². The highest BCUT2D eigenvalue weighted by Gasteiger charge is 2.50. The van der Waals surface area contributed by atoms with Crippen molar-refractivity contribution in [2.45, 2.75) is 103 Å². The van der Waals surface area contributed by atoms with Gasteiger partial charge < -0.3 is 18.3 Å². The fraction of sp³-hybridized carbons (Fsp3) is 0.714. The molecule has 2 rings (SSSR count). The number of methoxy groups -OCH3 is 1. The van der Waals surface area contributed by atoms with Gasteiger partial charge in [0, 0.05) is 11.8 Å². The lowest BCUT2D eigenvalue weighted by Gasteiger charge is -2.35. The lowest BCUT2D eigenvalue weighted by molar-refractivity contribution is -0.143. The van der Waals surface area contributed by atoms with E-state index in [9.17, 15) is 9.59 Å². The van der Waals surface area contributed by atoms with Gasteiger partial charge in [-0.15, -0.1) is 0 Å². The van der Waals surface area contributed by atoms with Crippen LogP contribution in [0.25, 0.3) is 0 Å². The number of carbonyl (C=O) groups is 2. The average molecular weight is 537 g/mol. The third kappa shape index (κ3) is 7.52. The third-order valence-electron chi connectivity index (χ3n) is 8.68. The number of carbonyl (C=O) groups excluding carboxylic acids is 2. The molecule has 0 bridgehead atoms. The zero-order valence-electron chi connectivity index (χ0n) is 23.5. The van der Waals surface area contributed by atoms with E-state index in [1.165, 1.54) is 7.11 Å². The van der Waals surface area contributed by atoms with Crippen LogP contribution in [0.4, 0.5) is 0 Å². The van der Waals surface area contributed by atoms with Crippen LogP contribution in [0.3, 0.4) is 0 Å². The summed E-state index contributed by atoms with van der Waals surface area (Å²) in [6, 6.07) is 15.3. The first-order valence-electron chi connectivity index (χ1n) is 13.9. The highest BCUT2D eigenvalue weighted by molar-refractivity contribution is 6.74. The number of hydrogen-bond acceptors (Lipinski definition) is 6. The molecule has 0 amide bonds. The topological polar surface area (TPSA) is 71.1 Å². The first kappa shape index (κ1) is 30.7. The summed E-state index contributed by atoms with van der Waals surface area (Å²) >= 11 is 0. The Kier molecular flexibility index (Phi) is 12.3. The summed E-state index contributed by atoms with van der Waals surface area (Å²) in [6.07, 6.45) is 0.781. The summed E-state index contributed by atoms with van der Waals surface area (Å²) in [5, 5.41) is 0. The van der Waals surface area contributed by atoms with Crippen molar-refractivity contribution in [1.29, 1.82) is 0 Å². The van der Waals surface area contributed by atoms with E-state index < -0.39 is 16.6 Å². The Bertz CT molecular complexity index is 793. The van der Waals surface area contributed by atoms with E-state index in [1.54, 1.807) is 12.1 Å². The molecule has 0 heterocycles. The van der Waals surface area contributed by atoms with Gasteiger partial charge in [0.1, 0.15) is 0 Å². The summed E-state index contributed by atoms with van der Waals surface area (Å²) in [5.74, 6) is -0.828. The van der Waals surface area contributed by atoms with Gasteiger partial charge in [-0.3, -0.25) is 4.79 Å². The molecular formula is C28H48O6Si2. The van der Waals surface area contributed by atoms with Crippen molar-refractivity contribution in [2.75, 3.05) is 13.7 Å². The number of ether oxygens (including phenoxy) is 2. The zero-order valence-corrected chi connectivity index (χ0v) is 25.5. The van der Waals surface area contributed by atoms with E-state index in [4.69, 9.17) is 18.3 Å². The van der Waals surface area contributed by atoms with E-state index in [0.29, 0.717) is 5.56 Å². The Morgan fingerprint density at radius 3 is 1.69 bits per heavy atom. The maximum absolute atomic E-state index is 12.8. The second-order valence-electron chi connectivity index (χ2n) is 10.1. The first-order chi connectivity index (χ1) is 17.3. The molecule has 1 aliphatic carbocycles. The summed E-state index contributed by atoms with van der Waals surface area (Å²) < 4.78 is 25.0. The maximum atomic E-state index is 12.8. The van der Waals surface area contributed by atoms with Crippen LogP contribution >= 0.6 is 0 Å². The molecule has 8 heteroatoms. The van der Waals surface area contributed by atoms with Gasteiger partial charge in [-0.2, -0.15) is 0 Å². The molecule has 204 valence electrons. The Morgan fingerprint density at radius 1 is 0.778 bits per heavy atom. The van der Waals surface area contributed by atoms with Gasteiger partial charge in [-0.25, -0.2) is 4.79 Å². The molecule has 36 heavy (non-hydrogen) atoms. The zero-order chi connectivity index (χ0) is 26.8. The molecule has 0 aliphatic heterocycles. The second-order valence-corrected chi connectivity index (χ2v) is 19.6. The summed E-state index contributed by atoms with van der Waals surface area (Å²) in [5.41, 5.74) is 0.527. The van der Waals surface area contributed by atoms with Crippen LogP contribution in [0, 0.1) is 11.8 Å². The minimum Gasteiger partial charge on any atom is -0.469 e. The van der Waals surface area contributed by atoms with Crippen molar-refractivity contribution in [2.24, 2.45) is 11.8 Å². The van der Waals surface area contributed by atoms with Crippen molar-refractivity contribution >= 4 is 28.6 Å². The van der Waals surface area contributed by atoms with E-state index in [2.05, 4.69) is 41.5 Å². The molecule has 0 N–H and O–H groups in total. The van der Waals surface area contributed by atoms with Crippen molar-refractivity contribution in [3.05, 3.63) is 35.9 Å². The van der Waals surface area contributed by atoms with Crippen LogP contribution in [0.2, 0.25) is 36.3 Å². The number of rotatable bonds is 15. The summed E-state index contributed by atoms with van der Waals surface area (Å²) in [6.45, 7) is 13.5. The summed E-state index contributed by atoms with van der Waals surface area (Å²) in [4.78, 5) is 25.4. The lowest BCUT2D eigenvalue weighted by atomic mass is 9.91. The van der Waals surface area contributed by atoms with Gasteiger partial charge in [0.05, 0.1) is 37.9 Å². The highest BCUT2D eigenvalue weighted by Crippen LogP contribution is 2.44. The minimum atomic E-state index is -1.94. The van der Waals surface area contributed by atoms with Crippen LogP contribution in [0.1, 0.15) is 64.7 Å². The van der Waals surface area contributed by atoms with Gasteiger partial charge in [0.15, 0.2) is 16.6 Å². The molecular weight excluding hydrogens is 488 g/mol. The first-order valence-corrected chi connectivity index (χ1v) is 19.0. The van der Waals surface area contributed by atoms with Gasteiger partial charge >= 0.3 is 11.9 Å². The van der Waals surface area contributed by atoms with Gasteiger partial charge in [0.25, 0.3) is 0 Å². The molecule has 1 saturated carbocycles. The average Bonchev–Trinajstić information content (AvgIpc) is 3.23. The van der Waals surface area contributed by atoms with Crippen LogP contribution in [0.5, 0.6) is 0 Å². The standard InChI is InChI=1S/C28H48O6Si2/c1-8-35(9-2,10-3)33-25-20-26(34-36(11-4,12-5)13-6)24(23(25)19-27(29)31-7)21-32-28(30)22-17-15-14-16-18-22/h14-18,23-26H,8-13,19-21H2,1-7H3/t23-,24+,25-,26+/m1/s1. The predicted molar refractivity (Wildman–Crippen MR) is 149 cm³/mol. The lowest BCUT2D eigenvalue weighted by Crippen LogP contribution is -2.43. The number of esters is 2. The molecule has 1 aromatic rings. The normalized spacial score (nSPS) is 22.4. The van der Waals surface area contributed by atoms with Crippen molar-refractivity contribution < 1.29 is 27.9 Å². The largest absolute Gasteiger partial charge is 0.469 e. The van der Waals surface area contributed by atoms with Gasteiger partial charge in [0.2, 0.25) is 0 Å². The van der Waals surface area contributed by atoms with Crippen molar-refractivity contribution in [3.8, 4) is 0 Å². The fourth-order valence-corrected chi connectivity index (χ4v) is 11.5. The molecule has 6 nitrogen and oxygen atoms in total. The Hall–Kier alpha value is -1.49. The van der Waals surface area contributed by atoms with Crippen LogP contribution in [-0.2, 0) is 23.1 Å². The van der Waals surface area contributed by atoms with Crippen molar-refractivity contribution in [1.82, 2.24) is 0 Å². The maximum Gasteiger partial charge on any atom is 0.338 e. The SMILES string of the molecule is CC[Si](CC)(CC)O[C@H]1C[C@@H](O[Si](CC)(CC)CC)[C@H](CC(=O)OC)[C@@H]1COC(=O)c1ccccc1. The monoisotopic (exact) mass is 536 g/mol. The Morgan fingerprint density at radius 2 is 1.25 bits per heavy atom. The minimum absolute atomic E-state index is 0.0988. The highest BCUT2D eigenvalue weighted by atomic mass is 28.4. The van der Waals surface area contributed by atoms with E-state index in [-0.39, 0.29) is 49.0 Å². The van der Waals surface area contributed by atoms with Crippen LogP contribution in [-0.4, -0.2) is 54.5 Å². The second kappa shape index (κ2) is 14.5. The van der Waals surface area contributed by atoms with E-state index in [0.717, 1.165) is 42.7 Å². The molecule has 0 saturated heterocycles. The summed E-state index contributed by atoms with van der Waals surface area (Å²) in [7, 11) is -2.44. The fourth-order valence-electron chi connectivity index (χ4n) is 5.66. The number of hydrogen-bond donors (Lipinski definition) is 0. The molecule has 0 spiro atoms. The van der Waals surface area contributed by atoms with Crippen LogP contribution < -0.4 is 0 Å². The Balaban J connectivity index is 2.40. The van der Waals surface area contributed by atoms with Gasteiger partial charge in [-0.05, 0) is 54.8 Å². The molecule has 1 aromatic carbocycles. The quantitative estimate of drug-likeness (QED) is 0.181.